The number of hydrogen-bond acceptors (Lipinski definition) is 2. The molecule has 0 rings (SSSR count). The van der Waals surface area contributed by atoms with E-state index in [1.165, 1.54) is 11.8 Å². The highest BCUT2D eigenvalue weighted by Crippen LogP contribution is 2.12. The Labute approximate surface area is 96.1 Å². The van der Waals surface area contributed by atoms with Crippen molar-refractivity contribution < 1.29 is 14.7 Å². The van der Waals surface area contributed by atoms with Gasteiger partial charge in [0.25, 0.3) is 0 Å². The fraction of sp³-hybridized carbons (Fsp3) is 0.636. The Morgan fingerprint density at radius 2 is 2.12 bits per heavy atom. The molecule has 0 aromatic rings. The quantitative estimate of drug-likeness (QED) is 0.676. The predicted octanol–water partition coefficient (Wildman–Crippen LogP) is 1.46. The molecule has 0 aromatic carbocycles. The average molecular weight is 228 g/mol. The van der Waals surface area contributed by atoms with Crippen molar-refractivity contribution in [2.24, 2.45) is 0 Å². The van der Waals surface area contributed by atoms with Gasteiger partial charge in [0.1, 0.15) is 5.54 Å². The molecular weight excluding hydrogens is 208 g/mol. The van der Waals surface area contributed by atoms with Crippen LogP contribution in [0.2, 0.25) is 0 Å². The van der Waals surface area contributed by atoms with Gasteiger partial charge in [0.15, 0.2) is 0 Å². The summed E-state index contributed by atoms with van der Waals surface area (Å²) in [5, 5.41) is 11.6. The summed E-state index contributed by atoms with van der Waals surface area (Å²) in [5.41, 5.74) is -1.21. The van der Waals surface area contributed by atoms with Crippen LogP contribution >= 0.6 is 0 Å². The minimum Gasteiger partial charge on any atom is -0.480 e. The molecule has 92 valence electrons. The second-order valence-corrected chi connectivity index (χ2v) is 3.99. The number of carboxylic acids is 1. The van der Waals surface area contributed by atoms with E-state index in [1.54, 1.807) is 13.1 Å². The normalized spacial score (nSPS) is 13.7. The minimum atomic E-state index is -1.21. The van der Waals surface area contributed by atoms with Crippen molar-refractivity contribution >= 4 is 12.0 Å². The maximum absolute atomic E-state index is 11.6. The number of aliphatic carboxylic acids is 1. The Hall–Kier alpha value is -1.52. The molecule has 1 unspecified atom stereocenters. The fourth-order valence-corrected chi connectivity index (χ4v) is 1.33. The zero-order valence-electron chi connectivity index (χ0n) is 10.1. The fourth-order valence-electron chi connectivity index (χ4n) is 1.33. The van der Waals surface area contributed by atoms with Crippen LogP contribution in [-0.4, -0.2) is 41.1 Å². The lowest BCUT2D eigenvalue weighted by molar-refractivity contribution is -0.144. The number of rotatable bonds is 6. The number of carboxylic acid groups (broad SMARTS) is 1. The Morgan fingerprint density at radius 1 is 1.56 bits per heavy atom. The van der Waals surface area contributed by atoms with E-state index in [9.17, 15) is 9.59 Å². The molecule has 2 amide bonds. The van der Waals surface area contributed by atoms with Crippen LogP contribution in [0.1, 0.15) is 26.7 Å². The first-order chi connectivity index (χ1) is 7.37. The molecule has 2 N–H and O–H groups in total. The van der Waals surface area contributed by atoms with E-state index < -0.39 is 17.5 Å². The summed E-state index contributed by atoms with van der Waals surface area (Å²) in [6, 6.07) is -0.404. The van der Waals surface area contributed by atoms with Crippen molar-refractivity contribution in [3.05, 3.63) is 12.7 Å². The van der Waals surface area contributed by atoms with Crippen molar-refractivity contribution in [2.75, 3.05) is 13.6 Å². The summed E-state index contributed by atoms with van der Waals surface area (Å²) >= 11 is 0. The highest BCUT2D eigenvalue weighted by molar-refractivity contribution is 5.85. The van der Waals surface area contributed by atoms with Gasteiger partial charge in [-0.25, -0.2) is 9.59 Å². The third-order valence-electron chi connectivity index (χ3n) is 2.35. The number of amides is 2. The number of hydrogen-bond donors (Lipinski definition) is 2. The minimum absolute atomic E-state index is 0.383. The zero-order valence-corrected chi connectivity index (χ0v) is 10.1. The highest BCUT2D eigenvalue weighted by Gasteiger charge is 2.34. The molecule has 0 saturated carbocycles. The first kappa shape index (κ1) is 14.5. The van der Waals surface area contributed by atoms with Crippen LogP contribution in [0.3, 0.4) is 0 Å². The number of urea groups is 1. The van der Waals surface area contributed by atoms with Crippen LogP contribution in [0.15, 0.2) is 12.7 Å². The van der Waals surface area contributed by atoms with Crippen molar-refractivity contribution in [1.82, 2.24) is 10.2 Å². The van der Waals surface area contributed by atoms with Gasteiger partial charge in [0, 0.05) is 13.6 Å². The van der Waals surface area contributed by atoms with Crippen LogP contribution in [0, 0.1) is 0 Å². The van der Waals surface area contributed by atoms with Gasteiger partial charge < -0.3 is 15.3 Å². The number of nitrogens with one attached hydrogen (secondary N) is 1. The summed E-state index contributed by atoms with van der Waals surface area (Å²) in [5.74, 6) is -1.02. The maximum atomic E-state index is 11.6. The number of carbonyl (C=O) groups is 2. The highest BCUT2D eigenvalue weighted by atomic mass is 16.4. The second-order valence-electron chi connectivity index (χ2n) is 3.99. The molecule has 1 atom stereocenters. The lowest BCUT2D eigenvalue weighted by Gasteiger charge is -2.28. The van der Waals surface area contributed by atoms with Gasteiger partial charge in [-0.3, -0.25) is 0 Å². The van der Waals surface area contributed by atoms with Gasteiger partial charge in [0.2, 0.25) is 0 Å². The standard InChI is InChI=1S/C11H20N2O3/c1-5-7-11(3,9(14)15)12-10(16)13(4)8-6-2/h6H,2,5,7-8H2,1,3-4H3,(H,12,16)(H,14,15). The summed E-state index contributed by atoms with van der Waals surface area (Å²) in [7, 11) is 1.59. The summed E-state index contributed by atoms with van der Waals surface area (Å²) in [6.07, 6.45) is 2.67. The molecule has 16 heavy (non-hydrogen) atoms. The van der Waals surface area contributed by atoms with Gasteiger partial charge in [0.05, 0.1) is 0 Å². The Morgan fingerprint density at radius 3 is 2.50 bits per heavy atom. The lowest BCUT2D eigenvalue weighted by atomic mass is 9.96. The zero-order chi connectivity index (χ0) is 12.8. The molecule has 5 nitrogen and oxygen atoms in total. The SMILES string of the molecule is C=CCN(C)C(=O)NC(C)(CCC)C(=O)O. The van der Waals surface area contributed by atoms with E-state index in [1.807, 2.05) is 6.92 Å². The van der Waals surface area contributed by atoms with Crippen LogP contribution in [0.5, 0.6) is 0 Å². The molecule has 0 fully saturated rings. The molecule has 5 heteroatoms. The third kappa shape index (κ3) is 3.92. The van der Waals surface area contributed by atoms with Crippen LogP contribution < -0.4 is 5.32 Å². The smallest absolute Gasteiger partial charge is 0.329 e. The second kappa shape index (κ2) is 6.15. The molecule has 0 saturated heterocycles. The molecule has 0 radical (unpaired) electrons. The molecule has 0 heterocycles. The van der Waals surface area contributed by atoms with Gasteiger partial charge in [-0.05, 0) is 13.3 Å². The van der Waals surface area contributed by atoms with E-state index in [0.29, 0.717) is 19.4 Å². The van der Waals surface area contributed by atoms with Crippen molar-refractivity contribution in [2.45, 2.75) is 32.2 Å². The molecule has 0 aliphatic carbocycles. The molecule has 0 aliphatic heterocycles. The number of carbonyl (C=O) groups excluding carboxylic acids is 1. The Balaban J connectivity index is 4.57. The van der Waals surface area contributed by atoms with E-state index in [2.05, 4.69) is 11.9 Å². The largest absolute Gasteiger partial charge is 0.480 e. The molecule has 0 spiro atoms. The summed E-state index contributed by atoms with van der Waals surface area (Å²) in [4.78, 5) is 24.1. The molecule has 0 aromatic heterocycles. The van der Waals surface area contributed by atoms with Gasteiger partial charge in [-0.1, -0.05) is 19.4 Å². The molecule has 0 bridgehead atoms. The van der Waals surface area contributed by atoms with E-state index >= 15 is 0 Å². The van der Waals surface area contributed by atoms with Crippen molar-refractivity contribution in [1.29, 1.82) is 0 Å². The summed E-state index contributed by atoms with van der Waals surface area (Å²) < 4.78 is 0. The van der Waals surface area contributed by atoms with Gasteiger partial charge in [-0.15, -0.1) is 6.58 Å². The van der Waals surface area contributed by atoms with Crippen LogP contribution in [-0.2, 0) is 4.79 Å². The van der Waals surface area contributed by atoms with E-state index in [4.69, 9.17) is 5.11 Å². The van der Waals surface area contributed by atoms with Gasteiger partial charge >= 0.3 is 12.0 Å². The first-order valence-corrected chi connectivity index (χ1v) is 5.25. The van der Waals surface area contributed by atoms with Gasteiger partial charge in [-0.2, -0.15) is 0 Å². The topological polar surface area (TPSA) is 69.6 Å². The maximum Gasteiger partial charge on any atom is 0.329 e. The molecule has 0 aliphatic rings. The lowest BCUT2D eigenvalue weighted by Crippen LogP contribution is -2.55. The summed E-state index contributed by atoms with van der Waals surface area (Å²) in [6.45, 7) is 7.28. The Bertz CT molecular complexity index is 278. The third-order valence-corrected chi connectivity index (χ3v) is 2.35. The Kier molecular flexibility index (Phi) is 5.56. The predicted molar refractivity (Wildman–Crippen MR) is 62.3 cm³/mol. The van der Waals surface area contributed by atoms with Crippen LogP contribution in [0.4, 0.5) is 4.79 Å². The monoisotopic (exact) mass is 228 g/mol. The van der Waals surface area contributed by atoms with E-state index in [0.717, 1.165) is 0 Å². The first-order valence-electron chi connectivity index (χ1n) is 5.25. The average Bonchev–Trinajstić information content (AvgIpc) is 2.18. The number of nitrogens with zero attached hydrogens (tertiary/aromatic N) is 1. The number of likely N-dealkylation sites (N-methyl/N-ethyl adjacent to an activating group) is 1. The molecular formula is C11H20N2O3. The van der Waals surface area contributed by atoms with Crippen LogP contribution in [0.25, 0.3) is 0 Å². The van der Waals surface area contributed by atoms with Crippen molar-refractivity contribution in [3.63, 3.8) is 0 Å². The van der Waals surface area contributed by atoms with E-state index in [-0.39, 0.29) is 0 Å². The van der Waals surface area contributed by atoms with Crippen molar-refractivity contribution in [3.8, 4) is 0 Å².